The number of rotatable bonds is 8. The molecule has 7 nitrogen and oxygen atoms in total. The van der Waals surface area contributed by atoms with Crippen LogP contribution < -0.4 is 15.4 Å². The van der Waals surface area contributed by atoms with Gasteiger partial charge >= 0.3 is 12.0 Å². The molecule has 140 valence electrons. The molecule has 26 heavy (non-hydrogen) atoms. The van der Waals surface area contributed by atoms with Gasteiger partial charge in [0.2, 0.25) is 5.88 Å². The molecule has 1 heterocycles. The fourth-order valence-electron chi connectivity index (χ4n) is 1.96. The Kier molecular flexibility index (Phi) is 7.34. The second-order valence-corrected chi connectivity index (χ2v) is 6.94. The molecular formula is C16H17BrFN3O4S. The lowest BCUT2D eigenvalue weighted by Crippen LogP contribution is -2.29. The molecule has 2 aromatic rings. The van der Waals surface area contributed by atoms with Gasteiger partial charge in [0.05, 0.1) is 0 Å². The topological polar surface area (TPSA) is 101 Å². The SMILES string of the molecule is CCCCNC(=O)Nc1snc(OCc2ccc(Br)cc2F)c1C(=O)O. The molecule has 0 saturated heterocycles. The van der Waals surface area contributed by atoms with Crippen molar-refractivity contribution in [1.29, 1.82) is 0 Å². The number of carbonyl (C=O) groups is 2. The summed E-state index contributed by atoms with van der Waals surface area (Å²) in [5.74, 6) is -1.96. The van der Waals surface area contributed by atoms with Gasteiger partial charge in [-0.25, -0.2) is 14.0 Å². The van der Waals surface area contributed by atoms with E-state index in [2.05, 4.69) is 30.9 Å². The lowest BCUT2D eigenvalue weighted by molar-refractivity contribution is 0.0693. The minimum atomic E-state index is -1.30. The van der Waals surface area contributed by atoms with E-state index in [1.807, 2.05) is 6.92 Å². The number of carboxylic acid groups (broad SMARTS) is 1. The van der Waals surface area contributed by atoms with Crippen molar-refractivity contribution < 1.29 is 23.8 Å². The minimum absolute atomic E-state index is 0.0535. The molecule has 1 aromatic heterocycles. The first-order valence-corrected chi connectivity index (χ1v) is 9.33. The van der Waals surface area contributed by atoms with Crippen LogP contribution in [0, 0.1) is 5.82 Å². The molecule has 0 fully saturated rings. The Morgan fingerprint density at radius 2 is 2.19 bits per heavy atom. The molecule has 0 unspecified atom stereocenters. The number of carbonyl (C=O) groups excluding carboxylic acids is 1. The summed E-state index contributed by atoms with van der Waals surface area (Å²) in [6, 6.07) is 3.93. The number of hydrogen-bond donors (Lipinski definition) is 3. The second kappa shape index (κ2) is 9.48. The Morgan fingerprint density at radius 1 is 1.42 bits per heavy atom. The number of aromatic nitrogens is 1. The third-order valence-electron chi connectivity index (χ3n) is 3.30. The quantitative estimate of drug-likeness (QED) is 0.527. The van der Waals surface area contributed by atoms with E-state index in [4.69, 9.17) is 4.74 Å². The van der Waals surface area contributed by atoms with E-state index in [1.54, 1.807) is 6.07 Å². The first kappa shape index (κ1) is 20.1. The molecule has 2 amide bonds. The standard InChI is InChI=1S/C16H17BrFN3O4S/c1-2-3-6-19-16(24)20-14-12(15(22)23)13(21-26-14)25-8-9-4-5-10(17)7-11(9)18/h4-5,7H,2-3,6,8H2,1H3,(H,22,23)(H2,19,20,24). The van der Waals surface area contributed by atoms with Gasteiger partial charge in [0, 0.05) is 16.6 Å². The molecule has 0 atom stereocenters. The molecule has 0 aliphatic heterocycles. The summed E-state index contributed by atoms with van der Waals surface area (Å²) in [5.41, 5.74) is -0.0116. The van der Waals surface area contributed by atoms with E-state index in [0.29, 0.717) is 11.0 Å². The lowest BCUT2D eigenvalue weighted by atomic mass is 10.2. The monoisotopic (exact) mass is 445 g/mol. The van der Waals surface area contributed by atoms with E-state index in [0.717, 1.165) is 24.4 Å². The molecule has 0 aliphatic carbocycles. The summed E-state index contributed by atoms with van der Waals surface area (Å²) >= 11 is 3.94. The number of ether oxygens (including phenoxy) is 1. The number of hydrogen-bond acceptors (Lipinski definition) is 5. The number of aromatic carboxylic acids is 1. The maximum absolute atomic E-state index is 13.8. The van der Waals surface area contributed by atoms with Crippen molar-refractivity contribution in [3.8, 4) is 5.88 Å². The van der Waals surface area contributed by atoms with E-state index < -0.39 is 17.8 Å². The van der Waals surface area contributed by atoms with Gasteiger partial charge < -0.3 is 15.2 Å². The molecular weight excluding hydrogens is 429 g/mol. The Labute approximate surface area is 161 Å². The summed E-state index contributed by atoms with van der Waals surface area (Å²) in [7, 11) is 0. The largest absolute Gasteiger partial charge is 0.477 e. The Hall–Kier alpha value is -2.20. The minimum Gasteiger partial charge on any atom is -0.477 e. The highest BCUT2D eigenvalue weighted by atomic mass is 79.9. The molecule has 0 aliphatic rings. The first-order valence-electron chi connectivity index (χ1n) is 7.77. The highest BCUT2D eigenvalue weighted by Gasteiger charge is 2.23. The number of benzene rings is 1. The van der Waals surface area contributed by atoms with Crippen LogP contribution in [0.3, 0.4) is 0 Å². The fourth-order valence-corrected chi connectivity index (χ4v) is 3.01. The Morgan fingerprint density at radius 3 is 2.85 bits per heavy atom. The fraction of sp³-hybridized carbons (Fsp3) is 0.312. The maximum Gasteiger partial charge on any atom is 0.344 e. The zero-order valence-electron chi connectivity index (χ0n) is 13.8. The number of nitrogens with zero attached hydrogens (tertiary/aromatic N) is 1. The molecule has 0 saturated carbocycles. The van der Waals surface area contributed by atoms with Crippen LogP contribution in [0.15, 0.2) is 22.7 Å². The summed E-state index contributed by atoms with van der Waals surface area (Å²) in [6.07, 6.45) is 1.74. The highest BCUT2D eigenvalue weighted by Crippen LogP contribution is 2.31. The van der Waals surface area contributed by atoms with Crippen LogP contribution in [0.5, 0.6) is 5.88 Å². The predicted molar refractivity (Wildman–Crippen MR) is 99.4 cm³/mol. The summed E-state index contributed by atoms with van der Waals surface area (Å²) in [4.78, 5) is 23.3. The van der Waals surface area contributed by atoms with Crippen LogP contribution >= 0.6 is 27.5 Å². The zero-order chi connectivity index (χ0) is 19.1. The van der Waals surface area contributed by atoms with Gasteiger partial charge in [0.15, 0.2) is 5.56 Å². The Balaban J connectivity index is 2.08. The Bertz CT molecular complexity index is 800. The molecule has 3 N–H and O–H groups in total. The van der Waals surface area contributed by atoms with Crippen molar-refractivity contribution in [2.75, 3.05) is 11.9 Å². The molecule has 1 aromatic carbocycles. The summed E-state index contributed by atoms with van der Waals surface area (Å²) < 4.78 is 23.7. The number of unbranched alkanes of at least 4 members (excludes halogenated alkanes) is 1. The number of amides is 2. The van der Waals surface area contributed by atoms with Crippen LogP contribution in [0.2, 0.25) is 0 Å². The van der Waals surface area contributed by atoms with E-state index in [9.17, 15) is 19.1 Å². The van der Waals surface area contributed by atoms with Crippen LogP contribution in [0.1, 0.15) is 35.7 Å². The van der Waals surface area contributed by atoms with Gasteiger partial charge in [0.1, 0.15) is 17.4 Å². The van der Waals surface area contributed by atoms with Crippen LogP contribution in [0.4, 0.5) is 14.2 Å². The van der Waals surface area contributed by atoms with E-state index >= 15 is 0 Å². The van der Waals surface area contributed by atoms with Crippen molar-refractivity contribution in [2.24, 2.45) is 0 Å². The first-order chi connectivity index (χ1) is 12.4. The van der Waals surface area contributed by atoms with Crippen LogP contribution in [-0.2, 0) is 6.61 Å². The van der Waals surface area contributed by atoms with Crippen molar-refractivity contribution >= 4 is 44.5 Å². The molecule has 2 rings (SSSR count). The van der Waals surface area contributed by atoms with Crippen LogP contribution in [0.25, 0.3) is 0 Å². The lowest BCUT2D eigenvalue weighted by Gasteiger charge is -2.07. The molecule has 0 spiro atoms. The van der Waals surface area contributed by atoms with Gasteiger partial charge in [-0.15, -0.1) is 0 Å². The van der Waals surface area contributed by atoms with Gasteiger partial charge in [-0.05, 0) is 30.1 Å². The molecule has 10 heteroatoms. The third kappa shape index (κ3) is 5.40. The average Bonchev–Trinajstić information content (AvgIpc) is 2.97. The van der Waals surface area contributed by atoms with Gasteiger partial charge in [-0.3, -0.25) is 5.32 Å². The average molecular weight is 446 g/mol. The number of halogens is 2. The predicted octanol–water partition coefficient (Wildman–Crippen LogP) is 4.24. The second-order valence-electron chi connectivity index (χ2n) is 5.26. The number of carboxylic acids is 1. The van der Waals surface area contributed by atoms with Crippen molar-refractivity contribution in [1.82, 2.24) is 9.69 Å². The zero-order valence-corrected chi connectivity index (χ0v) is 16.2. The van der Waals surface area contributed by atoms with Gasteiger partial charge in [-0.2, -0.15) is 4.37 Å². The summed E-state index contributed by atoms with van der Waals surface area (Å²) in [6.45, 7) is 2.28. The van der Waals surface area contributed by atoms with Crippen LogP contribution in [-0.4, -0.2) is 28.0 Å². The van der Waals surface area contributed by atoms with Gasteiger partial charge in [0.25, 0.3) is 0 Å². The van der Waals surface area contributed by atoms with Crippen molar-refractivity contribution in [2.45, 2.75) is 26.4 Å². The number of nitrogens with one attached hydrogen (secondary N) is 2. The van der Waals surface area contributed by atoms with E-state index in [1.165, 1.54) is 12.1 Å². The highest BCUT2D eigenvalue weighted by molar-refractivity contribution is 9.10. The van der Waals surface area contributed by atoms with Crippen molar-refractivity contribution in [3.05, 3.63) is 39.6 Å². The van der Waals surface area contributed by atoms with Crippen molar-refractivity contribution in [3.63, 3.8) is 0 Å². The number of anilines is 1. The smallest absolute Gasteiger partial charge is 0.344 e. The third-order valence-corrected chi connectivity index (χ3v) is 4.54. The molecule has 0 radical (unpaired) electrons. The number of urea groups is 1. The summed E-state index contributed by atoms with van der Waals surface area (Å²) in [5, 5.41) is 14.5. The van der Waals surface area contributed by atoms with Gasteiger partial charge in [-0.1, -0.05) is 35.3 Å². The maximum atomic E-state index is 13.8. The van der Waals surface area contributed by atoms with E-state index in [-0.39, 0.29) is 28.6 Å². The molecule has 0 bridgehead atoms. The normalized spacial score (nSPS) is 10.4.